The number of hydrogen-bond donors (Lipinski definition) is 2. The Hall–Kier alpha value is -1.79. The summed E-state index contributed by atoms with van der Waals surface area (Å²) >= 11 is 5.95. The van der Waals surface area contributed by atoms with Crippen molar-refractivity contribution in [2.45, 2.75) is 25.8 Å². The van der Waals surface area contributed by atoms with Crippen LogP contribution in [0.1, 0.15) is 18.4 Å². The fourth-order valence-corrected chi connectivity index (χ4v) is 2.70. The third kappa shape index (κ3) is 5.73. The van der Waals surface area contributed by atoms with E-state index in [0.29, 0.717) is 10.8 Å². The zero-order valence-corrected chi connectivity index (χ0v) is 13.9. The maximum atomic E-state index is 11.9. The van der Waals surface area contributed by atoms with E-state index in [4.69, 9.17) is 22.1 Å². The average Bonchev–Trinajstić information content (AvgIpc) is 2.50. The number of nitrogens with zero attached hydrogens (tertiary/aromatic N) is 1. The number of nitrogens with one attached hydrogen (secondary N) is 1. The molecule has 1 heterocycles. The van der Waals surface area contributed by atoms with Crippen molar-refractivity contribution in [2.24, 2.45) is 5.73 Å². The maximum absolute atomic E-state index is 11.9. The first kappa shape index (κ1) is 17.6. The number of likely N-dealkylation sites (tertiary alicyclic amines) is 1. The summed E-state index contributed by atoms with van der Waals surface area (Å²) in [4.78, 5) is 24.8. The Balaban J connectivity index is 1.71. The molecule has 2 rings (SSSR count). The highest BCUT2D eigenvalue weighted by Crippen LogP contribution is 2.20. The zero-order chi connectivity index (χ0) is 16.8. The van der Waals surface area contributed by atoms with Crippen LogP contribution in [0.4, 0.5) is 0 Å². The lowest BCUT2D eigenvalue weighted by atomic mass is 10.1. The number of carbonyl (C=O) groups is 2. The smallest absolute Gasteiger partial charge is 0.258 e. The highest BCUT2D eigenvalue weighted by Gasteiger charge is 2.21. The zero-order valence-electron chi connectivity index (χ0n) is 13.2. The van der Waals surface area contributed by atoms with Crippen LogP contribution in [-0.4, -0.2) is 49.0 Å². The summed E-state index contributed by atoms with van der Waals surface area (Å²) in [6.45, 7) is 3.65. The molecule has 1 aromatic rings. The van der Waals surface area contributed by atoms with E-state index in [9.17, 15) is 9.59 Å². The second kappa shape index (κ2) is 8.17. The summed E-state index contributed by atoms with van der Waals surface area (Å²) in [5.74, 6) is 0.156. The normalized spacial score (nSPS) is 16.1. The van der Waals surface area contributed by atoms with Gasteiger partial charge in [0.25, 0.3) is 5.91 Å². The molecule has 3 N–H and O–H groups in total. The van der Waals surface area contributed by atoms with Crippen molar-refractivity contribution in [3.05, 3.63) is 28.8 Å². The van der Waals surface area contributed by atoms with E-state index in [1.54, 1.807) is 18.2 Å². The van der Waals surface area contributed by atoms with Crippen molar-refractivity contribution in [2.75, 3.05) is 26.2 Å². The van der Waals surface area contributed by atoms with Gasteiger partial charge in [0.2, 0.25) is 5.91 Å². The molecular weight excluding hydrogens is 318 g/mol. The fraction of sp³-hybridized carbons (Fsp3) is 0.500. The van der Waals surface area contributed by atoms with Crippen molar-refractivity contribution in [3.8, 4) is 5.75 Å². The minimum absolute atomic E-state index is 0.0252. The molecule has 6 nitrogen and oxygen atoms in total. The summed E-state index contributed by atoms with van der Waals surface area (Å²) in [6.07, 6.45) is 1.61. The molecule has 1 aromatic carbocycles. The van der Waals surface area contributed by atoms with Gasteiger partial charge in [-0.05, 0) is 43.5 Å². The summed E-state index contributed by atoms with van der Waals surface area (Å²) < 4.78 is 5.48. The minimum atomic E-state index is -0.320. The largest absolute Gasteiger partial charge is 0.484 e. The highest BCUT2D eigenvalue weighted by atomic mass is 35.5. The Labute approximate surface area is 140 Å². The van der Waals surface area contributed by atoms with E-state index < -0.39 is 0 Å². The van der Waals surface area contributed by atoms with Gasteiger partial charge in [-0.2, -0.15) is 0 Å². The molecule has 0 radical (unpaired) electrons. The Morgan fingerprint density at radius 2 is 2.09 bits per heavy atom. The molecule has 1 aliphatic rings. The number of rotatable bonds is 6. The van der Waals surface area contributed by atoms with E-state index in [1.807, 2.05) is 11.8 Å². The van der Waals surface area contributed by atoms with Crippen LogP contribution in [0.2, 0.25) is 5.02 Å². The van der Waals surface area contributed by atoms with Crippen LogP contribution in [0.15, 0.2) is 18.2 Å². The quantitative estimate of drug-likeness (QED) is 0.812. The number of nitrogens with two attached hydrogens (primary N) is 1. The lowest BCUT2D eigenvalue weighted by Gasteiger charge is -2.31. The molecule has 23 heavy (non-hydrogen) atoms. The van der Waals surface area contributed by atoms with Crippen LogP contribution in [0.25, 0.3) is 0 Å². The first-order chi connectivity index (χ1) is 10.9. The number of benzene rings is 1. The first-order valence-electron chi connectivity index (χ1n) is 7.63. The molecular formula is C16H22ClN3O3. The first-order valence-corrected chi connectivity index (χ1v) is 8.01. The third-order valence-electron chi connectivity index (χ3n) is 3.83. The Morgan fingerprint density at radius 3 is 2.70 bits per heavy atom. The number of aryl methyl sites for hydroxylation is 1. The van der Waals surface area contributed by atoms with Crippen LogP contribution in [0, 0.1) is 6.92 Å². The molecule has 0 bridgehead atoms. The Morgan fingerprint density at radius 1 is 1.39 bits per heavy atom. The van der Waals surface area contributed by atoms with E-state index in [1.165, 1.54) is 0 Å². The Kier molecular flexibility index (Phi) is 6.24. The van der Waals surface area contributed by atoms with Crippen LogP contribution >= 0.6 is 11.6 Å². The topological polar surface area (TPSA) is 84.7 Å². The molecule has 0 unspecified atom stereocenters. The number of halogens is 1. The van der Waals surface area contributed by atoms with Gasteiger partial charge in [-0.3, -0.25) is 14.5 Å². The van der Waals surface area contributed by atoms with Crippen molar-refractivity contribution < 1.29 is 14.3 Å². The number of ether oxygens (including phenoxy) is 1. The van der Waals surface area contributed by atoms with Gasteiger partial charge in [-0.25, -0.2) is 0 Å². The molecule has 1 saturated heterocycles. The molecule has 7 heteroatoms. The molecule has 0 aromatic heterocycles. The summed E-state index contributed by atoms with van der Waals surface area (Å²) in [6, 6.07) is 5.41. The van der Waals surface area contributed by atoms with Crippen LogP contribution < -0.4 is 15.8 Å². The van der Waals surface area contributed by atoms with Gasteiger partial charge in [0.05, 0.1) is 6.54 Å². The number of hydrogen-bond acceptors (Lipinski definition) is 4. The van der Waals surface area contributed by atoms with Crippen molar-refractivity contribution in [1.82, 2.24) is 10.2 Å². The van der Waals surface area contributed by atoms with Crippen molar-refractivity contribution in [3.63, 3.8) is 0 Å². The van der Waals surface area contributed by atoms with Crippen molar-refractivity contribution >= 4 is 23.4 Å². The average molecular weight is 340 g/mol. The molecule has 0 atom stereocenters. The number of primary amides is 1. The second-order valence-corrected chi connectivity index (χ2v) is 6.19. The van der Waals surface area contributed by atoms with Gasteiger partial charge in [0.1, 0.15) is 5.75 Å². The summed E-state index contributed by atoms with van der Waals surface area (Å²) in [5.41, 5.74) is 6.09. The number of amides is 2. The van der Waals surface area contributed by atoms with E-state index in [0.717, 1.165) is 31.5 Å². The van der Waals surface area contributed by atoms with Gasteiger partial charge >= 0.3 is 0 Å². The second-order valence-electron chi connectivity index (χ2n) is 5.78. The lowest BCUT2D eigenvalue weighted by Crippen LogP contribution is -2.47. The number of piperidine rings is 1. The molecule has 0 saturated carbocycles. The van der Waals surface area contributed by atoms with Crippen LogP contribution in [-0.2, 0) is 9.59 Å². The lowest BCUT2D eigenvalue weighted by molar-refractivity contribution is -0.124. The van der Waals surface area contributed by atoms with Crippen LogP contribution in [0.3, 0.4) is 0 Å². The fourth-order valence-electron chi connectivity index (χ4n) is 2.58. The van der Waals surface area contributed by atoms with Gasteiger partial charge in [-0.1, -0.05) is 11.6 Å². The SMILES string of the molecule is Cc1cc(OCC(=O)NC2CCN(CC(N)=O)CC2)ccc1Cl. The van der Waals surface area contributed by atoms with E-state index >= 15 is 0 Å². The molecule has 1 fully saturated rings. The van der Waals surface area contributed by atoms with Crippen molar-refractivity contribution in [1.29, 1.82) is 0 Å². The molecule has 0 aliphatic carbocycles. The van der Waals surface area contributed by atoms with Gasteiger partial charge in [0.15, 0.2) is 6.61 Å². The van der Waals surface area contributed by atoms with Gasteiger partial charge in [-0.15, -0.1) is 0 Å². The van der Waals surface area contributed by atoms with Gasteiger partial charge in [0, 0.05) is 24.2 Å². The molecule has 0 spiro atoms. The standard InChI is InChI=1S/C16H22ClN3O3/c1-11-8-13(2-3-14(11)17)23-10-16(22)19-12-4-6-20(7-5-12)9-15(18)21/h2-3,8,12H,4-7,9-10H2,1H3,(H2,18,21)(H,19,22). The third-order valence-corrected chi connectivity index (χ3v) is 4.26. The maximum Gasteiger partial charge on any atom is 0.258 e. The Bertz CT molecular complexity index is 572. The van der Waals surface area contributed by atoms with E-state index in [2.05, 4.69) is 5.32 Å². The minimum Gasteiger partial charge on any atom is -0.484 e. The predicted octanol–water partition coefficient (Wildman–Crippen LogP) is 1.09. The molecule has 1 aliphatic heterocycles. The summed E-state index contributed by atoms with van der Waals surface area (Å²) in [7, 11) is 0. The highest BCUT2D eigenvalue weighted by molar-refractivity contribution is 6.31. The molecule has 126 valence electrons. The molecule has 2 amide bonds. The number of carbonyl (C=O) groups excluding carboxylic acids is 2. The van der Waals surface area contributed by atoms with Crippen LogP contribution in [0.5, 0.6) is 5.75 Å². The predicted molar refractivity (Wildman–Crippen MR) is 88.5 cm³/mol. The van der Waals surface area contributed by atoms with Gasteiger partial charge < -0.3 is 15.8 Å². The van der Waals surface area contributed by atoms with E-state index in [-0.39, 0.29) is 31.0 Å². The monoisotopic (exact) mass is 339 g/mol. The summed E-state index contributed by atoms with van der Waals surface area (Å²) in [5, 5.41) is 3.63.